The Kier molecular flexibility index (Phi) is 4.97. The highest BCUT2D eigenvalue weighted by molar-refractivity contribution is 6.09. The van der Waals surface area contributed by atoms with Gasteiger partial charge in [0.15, 0.2) is 5.54 Å². The molecule has 2 fully saturated rings. The predicted molar refractivity (Wildman–Crippen MR) is 89.9 cm³/mol. The van der Waals surface area contributed by atoms with Crippen LogP contribution in [0.1, 0.15) is 44.8 Å². The number of urea groups is 2. The molecule has 0 aromatic carbocycles. The van der Waals surface area contributed by atoms with Crippen molar-refractivity contribution in [2.24, 2.45) is 0 Å². The van der Waals surface area contributed by atoms with Gasteiger partial charge in [-0.25, -0.2) is 9.59 Å². The summed E-state index contributed by atoms with van der Waals surface area (Å²) in [6.07, 6.45) is 6.41. The van der Waals surface area contributed by atoms with Crippen molar-refractivity contribution in [1.29, 1.82) is 0 Å². The maximum atomic E-state index is 12.6. The molecule has 0 bridgehead atoms. The number of hydrogen-bond donors (Lipinski definition) is 3. The van der Waals surface area contributed by atoms with E-state index in [4.69, 9.17) is 4.42 Å². The highest BCUT2D eigenvalue weighted by atomic mass is 16.3. The largest absolute Gasteiger partial charge is 0.466 e. The van der Waals surface area contributed by atoms with Crippen molar-refractivity contribution < 1.29 is 23.6 Å². The summed E-state index contributed by atoms with van der Waals surface area (Å²) in [5, 5.41) is 7.44. The first-order valence-corrected chi connectivity index (χ1v) is 8.68. The number of furan rings is 1. The van der Waals surface area contributed by atoms with Gasteiger partial charge in [-0.05, 0) is 31.9 Å². The monoisotopic (exact) mass is 362 g/mol. The molecule has 1 saturated heterocycles. The summed E-state index contributed by atoms with van der Waals surface area (Å²) in [5.41, 5.74) is -1.37. The zero-order chi connectivity index (χ0) is 18.7. The maximum absolute atomic E-state index is 12.6. The van der Waals surface area contributed by atoms with E-state index < -0.39 is 36.0 Å². The first-order chi connectivity index (χ1) is 12.4. The molecule has 140 valence electrons. The number of imide groups is 2. The lowest BCUT2D eigenvalue weighted by Gasteiger charge is -2.23. The van der Waals surface area contributed by atoms with Crippen LogP contribution in [0.2, 0.25) is 0 Å². The van der Waals surface area contributed by atoms with Crippen LogP contribution in [0.5, 0.6) is 0 Å². The van der Waals surface area contributed by atoms with Crippen LogP contribution in [0.25, 0.3) is 0 Å². The van der Waals surface area contributed by atoms with Gasteiger partial charge in [0.2, 0.25) is 5.91 Å². The Labute approximate surface area is 150 Å². The van der Waals surface area contributed by atoms with Gasteiger partial charge in [0.25, 0.3) is 5.91 Å². The number of carbonyl (C=O) groups is 4. The Bertz CT molecular complexity index is 711. The molecule has 1 aliphatic carbocycles. The summed E-state index contributed by atoms with van der Waals surface area (Å²) >= 11 is 0. The van der Waals surface area contributed by atoms with Gasteiger partial charge in [-0.2, -0.15) is 0 Å². The molecule has 1 saturated carbocycles. The smallest absolute Gasteiger partial charge is 0.325 e. The molecule has 0 radical (unpaired) electrons. The van der Waals surface area contributed by atoms with E-state index in [1.165, 1.54) is 13.2 Å². The van der Waals surface area contributed by atoms with E-state index >= 15 is 0 Å². The van der Waals surface area contributed by atoms with E-state index in [1.807, 2.05) is 0 Å². The van der Waals surface area contributed by atoms with Crippen molar-refractivity contribution in [3.8, 4) is 0 Å². The van der Waals surface area contributed by atoms with Crippen molar-refractivity contribution in [1.82, 2.24) is 20.9 Å². The Morgan fingerprint density at radius 1 is 1.31 bits per heavy atom. The van der Waals surface area contributed by atoms with Gasteiger partial charge in [0, 0.05) is 6.04 Å². The number of nitrogens with one attached hydrogen (secondary N) is 3. The minimum Gasteiger partial charge on any atom is -0.466 e. The first kappa shape index (κ1) is 18.0. The maximum Gasteiger partial charge on any atom is 0.325 e. The predicted octanol–water partition coefficient (Wildman–Crippen LogP) is 1.21. The van der Waals surface area contributed by atoms with E-state index in [0.717, 1.165) is 37.0 Å². The standard InChI is InChI=1S/C17H22N4O5/c1-17(12-8-5-9-26-12)14(23)21(16(25)20-17)10-13(22)19-15(24)18-11-6-3-2-4-7-11/h5,8-9,11H,2-4,6-7,10H2,1H3,(H,20,25)(H2,18,19,22,24). The Hall–Kier alpha value is -2.84. The summed E-state index contributed by atoms with van der Waals surface area (Å²) in [5.74, 6) is -1.07. The van der Waals surface area contributed by atoms with Crippen LogP contribution >= 0.6 is 0 Å². The van der Waals surface area contributed by atoms with E-state index in [-0.39, 0.29) is 11.8 Å². The average molecular weight is 362 g/mol. The van der Waals surface area contributed by atoms with Gasteiger partial charge in [-0.1, -0.05) is 19.3 Å². The van der Waals surface area contributed by atoms with Gasteiger partial charge in [-0.3, -0.25) is 19.8 Å². The summed E-state index contributed by atoms with van der Waals surface area (Å²) in [6, 6.07) is 1.90. The summed E-state index contributed by atoms with van der Waals surface area (Å²) in [6.45, 7) is 0.957. The van der Waals surface area contributed by atoms with E-state index in [9.17, 15) is 19.2 Å². The van der Waals surface area contributed by atoms with Crippen LogP contribution in [0.4, 0.5) is 9.59 Å². The van der Waals surface area contributed by atoms with Crippen molar-refractivity contribution in [3.63, 3.8) is 0 Å². The Balaban J connectivity index is 1.56. The lowest BCUT2D eigenvalue weighted by atomic mass is 9.96. The summed E-state index contributed by atoms with van der Waals surface area (Å²) in [4.78, 5) is 49.4. The molecular formula is C17H22N4O5. The number of rotatable bonds is 4. The van der Waals surface area contributed by atoms with E-state index in [0.29, 0.717) is 0 Å². The molecular weight excluding hydrogens is 340 g/mol. The van der Waals surface area contributed by atoms with Crippen molar-refractivity contribution in [2.75, 3.05) is 6.54 Å². The molecule has 1 aromatic heterocycles. The molecule has 1 atom stereocenters. The summed E-state index contributed by atoms with van der Waals surface area (Å²) in [7, 11) is 0. The molecule has 2 heterocycles. The van der Waals surface area contributed by atoms with Crippen LogP contribution in [0.3, 0.4) is 0 Å². The second-order valence-corrected chi connectivity index (χ2v) is 6.78. The fourth-order valence-corrected chi connectivity index (χ4v) is 3.35. The number of amides is 6. The highest BCUT2D eigenvalue weighted by Gasteiger charge is 2.51. The first-order valence-electron chi connectivity index (χ1n) is 8.68. The Morgan fingerprint density at radius 3 is 2.69 bits per heavy atom. The molecule has 2 aliphatic rings. The molecule has 3 N–H and O–H groups in total. The fourth-order valence-electron chi connectivity index (χ4n) is 3.35. The lowest BCUT2D eigenvalue weighted by Crippen LogP contribution is -2.49. The van der Waals surface area contributed by atoms with Crippen LogP contribution in [0.15, 0.2) is 22.8 Å². The third-order valence-corrected chi connectivity index (χ3v) is 4.78. The molecule has 1 aromatic rings. The van der Waals surface area contributed by atoms with Gasteiger partial charge in [0.05, 0.1) is 6.26 Å². The van der Waals surface area contributed by atoms with Crippen LogP contribution in [-0.4, -0.2) is 41.4 Å². The van der Waals surface area contributed by atoms with Crippen molar-refractivity contribution in [2.45, 2.75) is 50.6 Å². The summed E-state index contributed by atoms with van der Waals surface area (Å²) < 4.78 is 5.21. The third-order valence-electron chi connectivity index (χ3n) is 4.78. The second-order valence-electron chi connectivity index (χ2n) is 6.78. The van der Waals surface area contributed by atoms with Gasteiger partial charge in [0.1, 0.15) is 12.3 Å². The molecule has 1 unspecified atom stereocenters. The fraction of sp³-hybridized carbons (Fsp3) is 0.529. The van der Waals surface area contributed by atoms with Crippen molar-refractivity contribution >= 4 is 23.9 Å². The van der Waals surface area contributed by atoms with Gasteiger partial charge in [-0.15, -0.1) is 0 Å². The lowest BCUT2D eigenvalue weighted by molar-refractivity contribution is -0.135. The van der Waals surface area contributed by atoms with E-state index in [2.05, 4.69) is 16.0 Å². The normalized spacial score (nSPS) is 23.7. The molecule has 1 aliphatic heterocycles. The van der Waals surface area contributed by atoms with Gasteiger partial charge < -0.3 is 15.1 Å². The SMILES string of the molecule is CC1(c2ccco2)NC(=O)N(CC(=O)NC(=O)NC2CCCCC2)C1=O. The van der Waals surface area contributed by atoms with Gasteiger partial charge >= 0.3 is 12.1 Å². The van der Waals surface area contributed by atoms with Crippen LogP contribution in [-0.2, 0) is 15.1 Å². The molecule has 3 rings (SSSR count). The zero-order valence-electron chi connectivity index (χ0n) is 14.5. The quantitative estimate of drug-likeness (QED) is 0.695. The molecule has 9 heteroatoms. The molecule has 0 spiro atoms. The molecule has 9 nitrogen and oxygen atoms in total. The zero-order valence-corrected chi connectivity index (χ0v) is 14.5. The minimum atomic E-state index is -1.37. The second kappa shape index (κ2) is 7.19. The number of carbonyl (C=O) groups excluding carboxylic acids is 4. The number of hydrogen-bond acceptors (Lipinski definition) is 5. The molecule has 26 heavy (non-hydrogen) atoms. The van der Waals surface area contributed by atoms with Crippen LogP contribution < -0.4 is 16.0 Å². The van der Waals surface area contributed by atoms with E-state index in [1.54, 1.807) is 12.1 Å². The highest BCUT2D eigenvalue weighted by Crippen LogP contribution is 2.28. The topological polar surface area (TPSA) is 121 Å². The third kappa shape index (κ3) is 3.56. The average Bonchev–Trinajstić information content (AvgIpc) is 3.20. The van der Waals surface area contributed by atoms with Crippen molar-refractivity contribution in [3.05, 3.63) is 24.2 Å². The number of nitrogens with zero attached hydrogens (tertiary/aromatic N) is 1. The Morgan fingerprint density at radius 2 is 2.04 bits per heavy atom. The minimum absolute atomic E-state index is 0.0514. The molecule has 6 amide bonds. The van der Waals surface area contributed by atoms with Crippen LogP contribution in [0, 0.1) is 0 Å².